The number of hydrogen-bond donors (Lipinski definition) is 1. The first kappa shape index (κ1) is 26.1. The van der Waals surface area contributed by atoms with Crippen LogP contribution < -0.4 is 9.46 Å². The molecule has 2 aromatic carbocycles. The van der Waals surface area contributed by atoms with Gasteiger partial charge in [-0.05, 0) is 55.7 Å². The molecule has 0 spiro atoms. The predicted molar refractivity (Wildman–Crippen MR) is 131 cm³/mol. The lowest BCUT2D eigenvalue weighted by atomic mass is 10.1. The molecular weight excluding hydrogens is 530 g/mol. The molecular formula is C21H22Cl4N4O3S. The molecule has 1 heterocycles. The second kappa shape index (κ2) is 11.3. The number of halogens is 4. The normalized spacial score (nSPS) is 12.7. The molecule has 33 heavy (non-hydrogen) atoms. The van der Waals surface area contributed by atoms with Crippen molar-refractivity contribution < 1.29 is 13.2 Å². The van der Waals surface area contributed by atoms with Gasteiger partial charge in [0, 0.05) is 6.54 Å². The van der Waals surface area contributed by atoms with E-state index in [1.54, 1.807) is 22.8 Å². The molecule has 0 fully saturated rings. The molecule has 178 valence electrons. The van der Waals surface area contributed by atoms with E-state index in [0.29, 0.717) is 35.0 Å². The summed E-state index contributed by atoms with van der Waals surface area (Å²) in [5.74, 6) is 0.401. The summed E-state index contributed by atoms with van der Waals surface area (Å²) in [5, 5.41) is 9.51. The molecule has 0 amide bonds. The summed E-state index contributed by atoms with van der Waals surface area (Å²) in [4.78, 5) is -0.0268. The van der Waals surface area contributed by atoms with Crippen LogP contribution in [-0.4, -0.2) is 29.8 Å². The molecule has 1 N–H and O–H groups in total. The number of aromatic nitrogens is 3. The summed E-state index contributed by atoms with van der Waals surface area (Å²) in [5.41, 5.74) is 0.757. The van der Waals surface area contributed by atoms with Crippen molar-refractivity contribution in [3.05, 3.63) is 67.9 Å². The quantitative estimate of drug-likeness (QED) is 0.336. The maximum atomic E-state index is 13.2. The fraction of sp³-hybridized carbons (Fsp3) is 0.333. The summed E-state index contributed by atoms with van der Waals surface area (Å²) in [6.45, 7) is 4.82. The van der Waals surface area contributed by atoms with Crippen LogP contribution in [0.4, 0.5) is 0 Å². The minimum Gasteiger partial charge on any atom is -0.464 e. The maximum absolute atomic E-state index is 13.2. The minimum absolute atomic E-state index is 0.0268. The van der Waals surface area contributed by atoms with Gasteiger partial charge in [0.2, 0.25) is 10.0 Å². The summed E-state index contributed by atoms with van der Waals surface area (Å²) in [6.07, 6.45) is 1.03. The van der Waals surface area contributed by atoms with E-state index in [1.807, 2.05) is 13.8 Å². The van der Waals surface area contributed by atoms with Gasteiger partial charge in [0.25, 0.3) is 0 Å². The van der Waals surface area contributed by atoms with Gasteiger partial charge in [-0.3, -0.25) is 4.57 Å². The second-order valence-electron chi connectivity index (χ2n) is 7.14. The van der Waals surface area contributed by atoms with Gasteiger partial charge in [-0.25, -0.2) is 13.1 Å². The Morgan fingerprint density at radius 2 is 1.64 bits per heavy atom. The summed E-state index contributed by atoms with van der Waals surface area (Å²) in [6, 6.07) is 8.76. The van der Waals surface area contributed by atoms with Crippen LogP contribution >= 0.6 is 46.4 Å². The minimum atomic E-state index is -3.99. The Hall–Kier alpha value is -1.55. The van der Waals surface area contributed by atoms with Crippen LogP contribution in [0.1, 0.15) is 37.7 Å². The van der Waals surface area contributed by atoms with Crippen LogP contribution in [0.3, 0.4) is 0 Å². The summed E-state index contributed by atoms with van der Waals surface area (Å²) >= 11 is 24.2. The predicted octanol–water partition coefficient (Wildman–Crippen LogP) is 5.96. The van der Waals surface area contributed by atoms with Gasteiger partial charge in [-0.1, -0.05) is 64.5 Å². The zero-order valence-corrected chi connectivity index (χ0v) is 21.7. The van der Waals surface area contributed by atoms with Gasteiger partial charge in [0.15, 0.2) is 5.82 Å². The summed E-state index contributed by atoms with van der Waals surface area (Å²) in [7, 11) is -3.99. The first-order valence-electron chi connectivity index (χ1n) is 10.1. The monoisotopic (exact) mass is 550 g/mol. The molecule has 0 bridgehead atoms. The Labute approximate surface area is 213 Å². The van der Waals surface area contributed by atoms with Crippen LogP contribution in [0.15, 0.2) is 41.3 Å². The Morgan fingerprint density at radius 1 is 0.970 bits per heavy atom. The van der Waals surface area contributed by atoms with E-state index in [4.69, 9.17) is 51.1 Å². The molecule has 0 aliphatic heterocycles. The average Bonchev–Trinajstić information content (AvgIpc) is 3.18. The van der Waals surface area contributed by atoms with Crippen molar-refractivity contribution in [1.82, 2.24) is 19.5 Å². The standard InChI is InChI=1S/C21H22Cl4N4O3S/c1-3-9-32-21-27-26-20(29(21)4-2)19(11-13-5-7-15(22)17(24)10-13)28-33(30,31)14-6-8-16(23)18(25)12-14/h5-8,10,12,19,28H,3-4,9,11H2,1-2H3/t19-/m1/s1. The van der Waals surface area contributed by atoms with Gasteiger partial charge >= 0.3 is 6.01 Å². The SMILES string of the molecule is CCCOc1nnc([C@@H](Cc2ccc(Cl)c(Cl)c2)NS(=O)(=O)c2ccc(Cl)c(Cl)c2)n1CC. The second-order valence-corrected chi connectivity index (χ2v) is 10.5. The molecule has 0 unspecified atom stereocenters. The van der Waals surface area contributed by atoms with Crippen molar-refractivity contribution in [2.24, 2.45) is 0 Å². The molecule has 3 rings (SSSR count). The Morgan fingerprint density at radius 3 is 2.24 bits per heavy atom. The molecule has 0 saturated carbocycles. The zero-order valence-electron chi connectivity index (χ0n) is 17.9. The van der Waals surface area contributed by atoms with Crippen LogP contribution in [0, 0.1) is 0 Å². The Balaban J connectivity index is 2.02. The van der Waals surface area contributed by atoms with Crippen molar-refractivity contribution in [2.75, 3.05) is 6.61 Å². The molecule has 7 nitrogen and oxygen atoms in total. The highest BCUT2D eigenvalue weighted by Gasteiger charge is 2.28. The van der Waals surface area contributed by atoms with Gasteiger partial charge in [-0.2, -0.15) is 0 Å². The number of rotatable bonds is 10. The van der Waals surface area contributed by atoms with E-state index in [1.165, 1.54) is 18.2 Å². The number of ether oxygens (including phenoxy) is 1. The number of hydrogen-bond acceptors (Lipinski definition) is 5. The third-order valence-corrected chi connectivity index (χ3v) is 7.68. The van der Waals surface area contributed by atoms with Crippen LogP contribution in [0.5, 0.6) is 6.01 Å². The fourth-order valence-electron chi connectivity index (χ4n) is 3.14. The highest BCUT2D eigenvalue weighted by atomic mass is 35.5. The van der Waals surface area contributed by atoms with Crippen molar-refractivity contribution >= 4 is 56.4 Å². The number of nitrogens with zero attached hydrogens (tertiary/aromatic N) is 3. The van der Waals surface area contributed by atoms with E-state index in [2.05, 4.69) is 14.9 Å². The lowest BCUT2D eigenvalue weighted by molar-refractivity contribution is 0.276. The van der Waals surface area contributed by atoms with Gasteiger partial charge < -0.3 is 4.74 Å². The Bertz CT molecular complexity index is 1230. The first-order chi connectivity index (χ1) is 15.7. The van der Waals surface area contributed by atoms with Crippen LogP contribution in [0.2, 0.25) is 20.1 Å². The molecule has 1 aromatic heterocycles. The number of benzene rings is 2. The molecule has 1 atom stereocenters. The topological polar surface area (TPSA) is 86.1 Å². The lowest BCUT2D eigenvalue weighted by Crippen LogP contribution is -2.32. The zero-order chi connectivity index (χ0) is 24.2. The van der Waals surface area contributed by atoms with E-state index < -0.39 is 16.1 Å². The third kappa shape index (κ3) is 6.32. The highest BCUT2D eigenvalue weighted by Crippen LogP contribution is 2.29. The van der Waals surface area contributed by atoms with Crippen molar-refractivity contribution in [3.63, 3.8) is 0 Å². The number of sulfonamides is 1. The smallest absolute Gasteiger partial charge is 0.316 e. The van der Waals surface area contributed by atoms with Crippen molar-refractivity contribution in [2.45, 2.75) is 44.2 Å². The van der Waals surface area contributed by atoms with E-state index in [-0.39, 0.29) is 21.4 Å². The Kier molecular flexibility index (Phi) is 8.89. The van der Waals surface area contributed by atoms with E-state index in [9.17, 15) is 8.42 Å². The van der Waals surface area contributed by atoms with Crippen LogP contribution in [0.25, 0.3) is 0 Å². The molecule has 0 aliphatic rings. The van der Waals surface area contributed by atoms with Crippen molar-refractivity contribution in [1.29, 1.82) is 0 Å². The maximum Gasteiger partial charge on any atom is 0.316 e. The average molecular weight is 552 g/mol. The molecule has 0 saturated heterocycles. The van der Waals surface area contributed by atoms with E-state index >= 15 is 0 Å². The molecule has 3 aromatic rings. The van der Waals surface area contributed by atoms with Gasteiger partial charge in [0.05, 0.1) is 37.6 Å². The summed E-state index contributed by atoms with van der Waals surface area (Å²) < 4.78 is 36.6. The van der Waals surface area contributed by atoms with Crippen LogP contribution in [-0.2, 0) is 23.0 Å². The highest BCUT2D eigenvalue weighted by molar-refractivity contribution is 7.89. The molecule has 0 aliphatic carbocycles. The molecule has 0 radical (unpaired) electrons. The van der Waals surface area contributed by atoms with Crippen molar-refractivity contribution in [3.8, 4) is 6.01 Å². The largest absolute Gasteiger partial charge is 0.464 e. The molecule has 12 heteroatoms. The fourth-order valence-corrected chi connectivity index (χ4v) is 5.05. The van der Waals surface area contributed by atoms with Gasteiger partial charge in [0.1, 0.15) is 0 Å². The third-order valence-electron chi connectivity index (χ3n) is 4.73. The first-order valence-corrected chi connectivity index (χ1v) is 13.1. The van der Waals surface area contributed by atoms with E-state index in [0.717, 1.165) is 12.0 Å². The number of nitrogens with one attached hydrogen (secondary N) is 1. The lowest BCUT2D eigenvalue weighted by Gasteiger charge is -2.20. The van der Waals surface area contributed by atoms with Gasteiger partial charge in [-0.15, -0.1) is 5.10 Å².